The van der Waals surface area contributed by atoms with Gasteiger partial charge in [0.15, 0.2) is 0 Å². The molecule has 3 aliphatic rings. The number of fused-ring (bicyclic) bond motifs is 7. The number of hydrogen-bond donors (Lipinski definition) is 0. The molecule has 0 saturated heterocycles. The lowest BCUT2D eigenvalue weighted by Crippen LogP contribution is -2.31. The van der Waals surface area contributed by atoms with E-state index in [4.69, 9.17) is 0 Å². The van der Waals surface area contributed by atoms with E-state index in [1.165, 1.54) is 156 Å². The molecule has 2 unspecified atom stereocenters. The maximum absolute atomic E-state index is 2.79. The Bertz CT molecular complexity index is 4510. The third-order valence-corrected chi connectivity index (χ3v) is 20.0. The standard InChI is InChI=1S/C89H87N/c1-85(2,3)62-41-43-77-75(49-62)82-73-46-59(61-44-63(86(4,5)6)48-64(45-61)87(7,8)9)40-42-68(73)80(81-69(55-30-20-16-21-31-55)50-65(88(10,11)12)51-70(81)56-32-22-17-23-33-56)76-52-66(89(13,14)15)53-78(83(76)82)90(77)84-71(57-34-24-18-25-35-57)54-72-67-39-29-28-38-60(67)47-74(72)79(84)58-36-26-19-27-37-58/h16-46,48-54,80,82H,47H2,1-15H3. The van der Waals surface area contributed by atoms with Gasteiger partial charge in [-0.05, 0) is 186 Å². The van der Waals surface area contributed by atoms with Gasteiger partial charge in [-0.15, -0.1) is 0 Å². The molecule has 0 N–H and O–H groups in total. The summed E-state index contributed by atoms with van der Waals surface area (Å²) in [5.74, 6) is -0.303. The Labute approximate surface area is 537 Å². The quantitative estimate of drug-likeness (QED) is 0.154. The molecule has 0 amide bonds. The smallest absolute Gasteiger partial charge is 0.0622 e. The highest BCUT2D eigenvalue weighted by molar-refractivity contribution is 6.06. The zero-order chi connectivity index (χ0) is 63.0. The molecule has 0 spiro atoms. The van der Waals surface area contributed by atoms with Crippen molar-refractivity contribution in [2.24, 2.45) is 0 Å². The van der Waals surface area contributed by atoms with Crippen LogP contribution in [-0.4, -0.2) is 0 Å². The minimum absolute atomic E-state index is 0.0541. The molecule has 11 aromatic carbocycles. The summed E-state index contributed by atoms with van der Waals surface area (Å²) >= 11 is 0. The van der Waals surface area contributed by atoms with Crippen molar-refractivity contribution in [3.63, 3.8) is 0 Å². The Kier molecular flexibility index (Phi) is 14.0. The summed E-state index contributed by atoms with van der Waals surface area (Å²) in [5.41, 5.74) is 35.8. The van der Waals surface area contributed by atoms with E-state index in [9.17, 15) is 0 Å². The zero-order valence-corrected chi connectivity index (χ0v) is 55.7. The molecule has 2 atom stereocenters. The van der Waals surface area contributed by atoms with Gasteiger partial charge >= 0.3 is 0 Å². The van der Waals surface area contributed by atoms with Gasteiger partial charge in [0, 0.05) is 23.0 Å². The molecular weight excluding hydrogens is 1080 g/mol. The third kappa shape index (κ3) is 10.2. The maximum Gasteiger partial charge on any atom is 0.0622 e. The van der Waals surface area contributed by atoms with E-state index in [1.54, 1.807) is 0 Å². The summed E-state index contributed by atoms with van der Waals surface area (Å²) in [4.78, 5) is 2.79. The molecule has 1 nitrogen and oxygen atoms in total. The highest BCUT2D eigenvalue weighted by Crippen LogP contribution is 2.64. The first-order chi connectivity index (χ1) is 42.8. The van der Waals surface area contributed by atoms with E-state index in [1.807, 2.05) is 0 Å². The van der Waals surface area contributed by atoms with Crippen molar-refractivity contribution in [2.75, 3.05) is 4.90 Å². The molecule has 2 aliphatic carbocycles. The SMILES string of the molecule is CC(C)(C)c1cc(-c2ccc3c(c2)C2c4cc(C(C)(C)C)ccc4N(c4c(-c5ccccc5)cc5c(c4-c4ccccc4)Cc4ccccc4-5)c4cc(C(C)(C)C)cc(c42)C3c2c(-c3ccccc3)cc(C(C)(C)C)cc2-c2ccccc2)cc(C(C)(C)C)c1. The van der Waals surface area contributed by atoms with Crippen LogP contribution in [0.5, 0.6) is 0 Å². The van der Waals surface area contributed by atoms with Crippen molar-refractivity contribution in [3.05, 3.63) is 303 Å². The molecule has 1 heterocycles. The first-order valence-electron chi connectivity index (χ1n) is 32.9. The van der Waals surface area contributed by atoms with E-state index in [2.05, 4.69) is 339 Å². The lowest BCUT2D eigenvalue weighted by molar-refractivity contribution is 0.569. The third-order valence-electron chi connectivity index (χ3n) is 20.0. The number of nitrogens with zero attached hydrogens (tertiary/aromatic N) is 1. The topological polar surface area (TPSA) is 3.24 Å². The highest BCUT2D eigenvalue weighted by atomic mass is 15.2. The van der Waals surface area contributed by atoms with Crippen LogP contribution in [0.25, 0.3) is 66.8 Å². The van der Waals surface area contributed by atoms with Crippen molar-refractivity contribution in [2.45, 2.75) is 149 Å². The second-order valence-electron chi connectivity index (χ2n) is 31.3. The van der Waals surface area contributed by atoms with Crippen LogP contribution >= 0.6 is 0 Å². The molecule has 0 fully saturated rings. The van der Waals surface area contributed by atoms with Crippen LogP contribution in [0.1, 0.15) is 188 Å². The Balaban J connectivity index is 1.19. The first-order valence-corrected chi connectivity index (χ1v) is 32.9. The molecule has 14 rings (SSSR count). The van der Waals surface area contributed by atoms with Crippen LogP contribution in [0.3, 0.4) is 0 Å². The summed E-state index contributed by atoms with van der Waals surface area (Å²) in [6.45, 7) is 35.7. The molecule has 11 aromatic rings. The monoisotopic (exact) mass is 1170 g/mol. The summed E-state index contributed by atoms with van der Waals surface area (Å²) in [5, 5.41) is 0. The van der Waals surface area contributed by atoms with E-state index in [0.717, 1.165) is 6.42 Å². The molecule has 1 heteroatoms. The van der Waals surface area contributed by atoms with Gasteiger partial charge in [-0.25, -0.2) is 0 Å². The van der Waals surface area contributed by atoms with Gasteiger partial charge < -0.3 is 4.90 Å². The van der Waals surface area contributed by atoms with Gasteiger partial charge in [0.1, 0.15) is 0 Å². The van der Waals surface area contributed by atoms with Gasteiger partial charge in [-0.2, -0.15) is 0 Å². The van der Waals surface area contributed by atoms with E-state index >= 15 is 0 Å². The molecule has 0 bridgehead atoms. The lowest BCUT2D eigenvalue weighted by Gasteiger charge is -2.47. The van der Waals surface area contributed by atoms with Crippen LogP contribution in [0.4, 0.5) is 17.1 Å². The van der Waals surface area contributed by atoms with E-state index < -0.39 is 0 Å². The van der Waals surface area contributed by atoms with Crippen LogP contribution in [0.15, 0.2) is 231 Å². The van der Waals surface area contributed by atoms with Gasteiger partial charge in [-0.3, -0.25) is 0 Å². The zero-order valence-electron chi connectivity index (χ0n) is 55.7. The Morgan fingerprint density at radius 2 is 0.744 bits per heavy atom. The normalized spacial score (nSPS) is 15.2. The largest absolute Gasteiger partial charge is 0.309 e. The second kappa shape index (κ2) is 21.4. The van der Waals surface area contributed by atoms with E-state index in [-0.39, 0.29) is 38.9 Å². The molecule has 90 heavy (non-hydrogen) atoms. The Morgan fingerprint density at radius 3 is 1.29 bits per heavy atom. The van der Waals surface area contributed by atoms with Crippen molar-refractivity contribution in [3.8, 4) is 66.8 Å². The Hall–Kier alpha value is -8.78. The fourth-order valence-corrected chi connectivity index (χ4v) is 14.9. The van der Waals surface area contributed by atoms with Crippen molar-refractivity contribution < 1.29 is 0 Å². The van der Waals surface area contributed by atoms with Gasteiger partial charge in [0.2, 0.25) is 0 Å². The van der Waals surface area contributed by atoms with Crippen LogP contribution < -0.4 is 4.90 Å². The minimum Gasteiger partial charge on any atom is -0.309 e. The minimum atomic E-state index is -0.231. The summed E-state index contributed by atoms with van der Waals surface area (Å²) in [7, 11) is 0. The summed E-state index contributed by atoms with van der Waals surface area (Å²) in [6, 6.07) is 90.2. The average Bonchev–Trinajstić information content (AvgIpc) is 0.889. The predicted octanol–water partition coefficient (Wildman–Crippen LogP) is 24.5. The number of rotatable bonds is 7. The van der Waals surface area contributed by atoms with Crippen LogP contribution in [0.2, 0.25) is 0 Å². The number of benzene rings is 11. The van der Waals surface area contributed by atoms with E-state index in [0.29, 0.717) is 0 Å². The molecular formula is C89H87N. The highest BCUT2D eigenvalue weighted by Gasteiger charge is 2.46. The molecule has 0 radical (unpaired) electrons. The van der Waals surface area contributed by atoms with Gasteiger partial charge in [0.25, 0.3) is 0 Å². The summed E-state index contributed by atoms with van der Waals surface area (Å²) < 4.78 is 0. The van der Waals surface area contributed by atoms with Crippen molar-refractivity contribution in [1.82, 2.24) is 0 Å². The Morgan fingerprint density at radius 1 is 0.278 bits per heavy atom. The second-order valence-corrected chi connectivity index (χ2v) is 31.3. The molecule has 0 aromatic heterocycles. The summed E-state index contributed by atoms with van der Waals surface area (Å²) in [6.07, 6.45) is 0.852. The van der Waals surface area contributed by atoms with Crippen molar-refractivity contribution in [1.29, 1.82) is 0 Å². The fraction of sp³-hybridized carbons (Fsp3) is 0.258. The average molecular weight is 1170 g/mol. The maximum atomic E-state index is 2.79. The molecule has 0 saturated carbocycles. The van der Waals surface area contributed by atoms with Crippen LogP contribution in [-0.2, 0) is 33.5 Å². The number of anilines is 3. The molecule has 448 valence electrons. The first kappa shape index (κ1) is 58.9. The lowest BCUT2D eigenvalue weighted by atomic mass is 9.62. The number of hydrogen-bond acceptors (Lipinski definition) is 1. The fourth-order valence-electron chi connectivity index (χ4n) is 14.9. The van der Waals surface area contributed by atoms with Crippen LogP contribution in [0, 0.1) is 0 Å². The van der Waals surface area contributed by atoms with Gasteiger partial charge in [0.05, 0.1) is 17.1 Å². The van der Waals surface area contributed by atoms with Gasteiger partial charge in [-0.1, -0.05) is 310 Å². The van der Waals surface area contributed by atoms with Crippen molar-refractivity contribution >= 4 is 17.1 Å². The molecule has 1 aliphatic heterocycles. The predicted molar refractivity (Wildman–Crippen MR) is 385 cm³/mol.